The molecular weight excluding hydrogens is 388 g/mol. The van der Waals surface area contributed by atoms with Gasteiger partial charge in [-0.1, -0.05) is 38.5 Å². The average Bonchev–Trinajstić information content (AvgIpc) is 3.01. The van der Waals surface area contributed by atoms with Crippen LogP contribution in [0.15, 0.2) is 23.8 Å². The zero-order chi connectivity index (χ0) is 22.6. The van der Waals surface area contributed by atoms with Crippen LogP contribution in [0.25, 0.3) is 0 Å². The van der Waals surface area contributed by atoms with E-state index in [2.05, 4.69) is 20.8 Å². The Balaban J connectivity index is 1.65. The summed E-state index contributed by atoms with van der Waals surface area (Å²) in [6.07, 6.45) is 12.2. The van der Waals surface area contributed by atoms with Crippen LogP contribution in [0.4, 0.5) is 0 Å². The minimum absolute atomic E-state index is 0.0225. The maximum absolute atomic E-state index is 12.0. The van der Waals surface area contributed by atoms with E-state index in [-0.39, 0.29) is 29.6 Å². The summed E-state index contributed by atoms with van der Waals surface area (Å²) < 4.78 is 0. The van der Waals surface area contributed by atoms with Crippen molar-refractivity contribution in [1.29, 1.82) is 0 Å². The smallest absolute Gasteiger partial charge is 0.155 e. The van der Waals surface area contributed by atoms with E-state index in [1.807, 2.05) is 25.2 Å². The number of fused-ring (bicyclic) bond motifs is 5. The summed E-state index contributed by atoms with van der Waals surface area (Å²) in [6.45, 7) is 8.50. The van der Waals surface area contributed by atoms with Gasteiger partial charge < -0.3 is 15.3 Å². The molecule has 3 N–H and O–H groups in total. The highest BCUT2D eigenvalue weighted by Gasteiger charge is 2.65. The van der Waals surface area contributed by atoms with E-state index in [0.717, 1.165) is 38.5 Å². The summed E-state index contributed by atoms with van der Waals surface area (Å²) in [5.41, 5.74) is -0.171. The Morgan fingerprint density at radius 3 is 2.65 bits per heavy atom. The van der Waals surface area contributed by atoms with Crippen molar-refractivity contribution >= 4 is 5.78 Å². The lowest BCUT2D eigenvalue weighted by Gasteiger charge is -2.59. The van der Waals surface area contributed by atoms with Gasteiger partial charge in [-0.2, -0.15) is 0 Å². The average molecular weight is 431 g/mol. The van der Waals surface area contributed by atoms with Gasteiger partial charge in [-0.15, -0.1) is 0 Å². The molecule has 0 aromatic rings. The highest BCUT2D eigenvalue weighted by Crippen LogP contribution is 2.67. The molecule has 0 spiro atoms. The van der Waals surface area contributed by atoms with Gasteiger partial charge in [-0.05, 0) is 87.0 Å². The van der Waals surface area contributed by atoms with Crippen LogP contribution in [-0.2, 0) is 4.79 Å². The lowest BCUT2D eigenvalue weighted by atomic mass is 9.46. The maximum Gasteiger partial charge on any atom is 0.155 e. The van der Waals surface area contributed by atoms with Crippen LogP contribution in [-0.4, -0.2) is 39.4 Å². The first-order valence-corrected chi connectivity index (χ1v) is 12.5. The van der Waals surface area contributed by atoms with Crippen molar-refractivity contribution in [3.63, 3.8) is 0 Å². The fourth-order valence-electron chi connectivity index (χ4n) is 8.33. The Hall–Kier alpha value is -0.970. The second kappa shape index (κ2) is 8.11. The minimum Gasteiger partial charge on any atom is -0.396 e. The Morgan fingerprint density at radius 2 is 1.97 bits per heavy atom. The second-order valence-electron chi connectivity index (χ2n) is 11.9. The SMILES string of the molecule is CC(C)C/C=C/C(C)(O)C1[C@@H](O)CC2C3CCC4=CC(=O)CC[C@]4(C)C3CC[C@@]21CO. The van der Waals surface area contributed by atoms with E-state index in [9.17, 15) is 20.1 Å². The zero-order valence-corrected chi connectivity index (χ0v) is 19.8. The third kappa shape index (κ3) is 3.67. The molecule has 3 saturated carbocycles. The lowest BCUT2D eigenvalue weighted by Crippen LogP contribution is -2.56. The van der Waals surface area contributed by atoms with Gasteiger partial charge in [0.05, 0.1) is 11.7 Å². The molecular formula is C27H42O4. The molecule has 0 heterocycles. The van der Waals surface area contributed by atoms with Crippen LogP contribution in [0.3, 0.4) is 0 Å². The van der Waals surface area contributed by atoms with Crippen LogP contribution < -0.4 is 0 Å². The number of carbonyl (C=O) groups excluding carboxylic acids is 1. The normalized spacial score (nSPS) is 44.6. The van der Waals surface area contributed by atoms with Gasteiger partial charge in [-0.25, -0.2) is 0 Å². The standard InChI is InChI=1S/C27H42O4/c1-17(2)6-5-11-26(4,31)24-23(30)15-22-20-8-7-18-14-19(29)9-12-25(18,3)21(20)10-13-27(22,24)16-28/h5,11,14,17,20-24,28,30-31H,6-10,12-13,15-16H2,1-4H3/b11-5+/t20?,21?,22?,23-,24?,25-,26?,27+/m0/s1. The number of ketones is 1. The van der Waals surface area contributed by atoms with Crippen molar-refractivity contribution in [2.45, 2.75) is 90.8 Å². The highest BCUT2D eigenvalue weighted by molar-refractivity contribution is 5.91. The summed E-state index contributed by atoms with van der Waals surface area (Å²) in [6, 6.07) is 0. The number of carbonyl (C=O) groups is 1. The molecule has 0 saturated heterocycles. The van der Waals surface area contributed by atoms with E-state index in [1.165, 1.54) is 5.57 Å². The summed E-state index contributed by atoms with van der Waals surface area (Å²) >= 11 is 0. The molecule has 4 rings (SSSR count). The summed E-state index contributed by atoms with van der Waals surface area (Å²) in [5.74, 6) is 1.59. The molecule has 4 nitrogen and oxygen atoms in total. The molecule has 0 amide bonds. The van der Waals surface area contributed by atoms with Gasteiger partial charge in [0.15, 0.2) is 5.78 Å². The van der Waals surface area contributed by atoms with Gasteiger partial charge in [-0.3, -0.25) is 4.79 Å². The number of aliphatic hydroxyl groups excluding tert-OH is 2. The van der Waals surface area contributed by atoms with Crippen LogP contribution in [0, 0.1) is 40.4 Å². The van der Waals surface area contributed by atoms with Crippen LogP contribution >= 0.6 is 0 Å². The summed E-state index contributed by atoms with van der Waals surface area (Å²) in [5, 5.41) is 33.4. The molecule has 0 bridgehead atoms. The van der Waals surface area contributed by atoms with E-state index in [1.54, 1.807) is 0 Å². The van der Waals surface area contributed by atoms with E-state index in [4.69, 9.17) is 0 Å². The number of hydrogen-bond donors (Lipinski definition) is 3. The first kappa shape index (κ1) is 23.2. The van der Waals surface area contributed by atoms with Crippen molar-refractivity contribution in [2.24, 2.45) is 40.4 Å². The molecule has 8 atom stereocenters. The molecule has 31 heavy (non-hydrogen) atoms. The van der Waals surface area contributed by atoms with E-state index >= 15 is 0 Å². The molecule has 0 aromatic heterocycles. The Bertz CT molecular complexity index is 765. The molecule has 0 aliphatic heterocycles. The third-order valence-electron chi connectivity index (χ3n) is 9.70. The Kier molecular flexibility index (Phi) is 6.07. The fraction of sp³-hybridized carbons (Fsp3) is 0.815. The van der Waals surface area contributed by atoms with E-state index < -0.39 is 17.1 Å². The van der Waals surface area contributed by atoms with Gasteiger partial charge in [0.1, 0.15) is 0 Å². The van der Waals surface area contributed by atoms with Gasteiger partial charge in [0.2, 0.25) is 0 Å². The Morgan fingerprint density at radius 1 is 1.23 bits per heavy atom. The predicted octanol–water partition coefficient (Wildman–Crippen LogP) is 4.43. The molecule has 4 aliphatic carbocycles. The van der Waals surface area contributed by atoms with Crippen LogP contribution in [0.2, 0.25) is 0 Å². The van der Waals surface area contributed by atoms with Crippen molar-refractivity contribution < 1.29 is 20.1 Å². The number of hydrogen-bond acceptors (Lipinski definition) is 4. The molecule has 4 aliphatic rings. The number of allylic oxidation sites excluding steroid dienone is 2. The van der Waals surface area contributed by atoms with Crippen LogP contribution in [0.5, 0.6) is 0 Å². The summed E-state index contributed by atoms with van der Waals surface area (Å²) in [4.78, 5) is 12.0. The minimum atomic E-state index is -1.14. The lowest BCUT2D eigenvalue weighted by molar-refractivity contribution is -0.132. The Labute approximate surface area is 187 Å². The van der Waals surface area contributed by atoms with Crippen LogP contribution in [0.1, 0.15) is 79.1 Å². The molecule has 0 radical (unpaired) electrons. The van der Waals surface area contributed by atoms with Crippen molar-refractivity contribution in [3.05, 3.63) is 23.8 Å². The monoisotopic (exact) mass is 430 g/mol. The van der Waals surface area contributed by atoms with Crippen molar-refractivity contribution in [3.8, 4) is 0 Å². The molecule has 3 fully saturated rings. The third-order valence-corrected chi connectivity index (χ3v) is 9.70. The predicted molar refractivity (Wildman–Crippen MR) is 122 cm³/mol. The highest BCUT2D eigenvalue weighted by atomic mass is 16.3. The summed E-state index contributed by atoms with van der Waals surface area (Å²) in [7, 11) is 0. The molecule has 4 heteroatoms. The second-order valence-corrected chi connectivity index (χ2v) is 11.9. The topological polar surface area (TPSA) is 77.8 Å². The zero-order valence-electron chi connectivity index (χ0n) is 19.8. The largest absolute Gasteiger partial charge is 0.396 e. The van der Waals surface area contributed by atoms with Crippen molar-refractivity contribution in [1.82, 2.24) is 0 Å². The van der Waals surface area contributed by atoms with Gasteiger partial charge in [0, 0.05) is 24.4 Å². The van der Waals surface area contributed by atoms with Gasteiger partial charge in [0.25, 0.3) is 0 Å². The molecule has 174 valence electrons. The molecule has 5 unspecified atom stereocenters. The quantitative estimate of drug-likeness (QED) is 0.564. The van der Waals surface area contributed by atoms with Crippen molar-refractivity contribution in [2.75, 3.05) is 6.61 Å². The van der Waals surface area contributed by atoms with E-state index in [0.29, 0.717) is 30.6 Å². The molecule has 0 aromatic carbocycles. The maximum atomic E-state index is 12.0. The number of rotatable bonds is 5. The first-order chi connectivity index (χ1) is 14.5. The fourth-order valence-corrected chi connectivity index (χ4v) is 8.33. The first-order valence-electron chi connectivity index (χ1n) is 12.5. The van der Waals surface area contributed by atoms with Gasteiger partial charge >= 0.3 is 0 Å². The number of aliphatic hydroxyl groups is 3.